The van der Waals surface area contributed by atoms with Crippen molar-refractivity contribution in [2.24, 2.45) is 0 Å². The smallest absolute Gasteiger partial charge is 0.0373 e. The molecule has 1 atom stereocenters. The van der Waals surface area contributed by atoms with Gasteiger partial charge in [0.25, 0.3) is 0 Å². The fourth-order valence-corrected chi connectivity index (χ4v) is 2.57. The lowest BCUT2D eigenvalue weighted by Gasteiger charge is -2.16. The summed E-state index contributed by atoms with van der Waals surface area (Å²) in [5.41, 5.74) is 2.56. The second kappa shape index (κ2) is 5.85. The first kappa shape index (κ1) is 12.8. The first-order chi connectivity index (χ1) is 9.86. The van der Waals surface area contributed by atoms with E-state index in [9.17, 15) is 0 Å². The van der Waals surface area contributed by atoms with Gasteiger partial charge in [-0.2, -0.15) is 0 Å². The molecule has 1 aromatic heterocycles. The third kappa shape index (κ3) is 2.70. The summed E-state index contributed by atoms with van der Waals surface area (Å²) < 4.78 is 0. The van der Waals surface area contributed by atoms with Gasteiger partial charge in [0.1, 0.15) is 0 Å². The van der Waals surface area contributed by atoms with Crippen molar-refractivity contribution in [2.45, 2.75) is 12.5 Å². The Hall–Kier alpha value is -2.19. The highest BCUT2D eigenvalue weighted by molar-refractivity contribution is 5.83. The highest BCUT2D eigenvalue weighted by Gasteiger charge is 2.10. The molecule has 0 saturated heterocycles. The molecule has 2 nitrogen and oxygen atoms in total. The molecule has 2 heteroatoms. The van der Waals surface area contributed by atoms with Crippen LogP contribution >= 0.6 is 0 Å². The highest BCUT2D eigenvalue weighted by Crippen LogP contribution is 2.21. The zero-order valence-corrected chi connectivity index (χ0v) is 11.6. The molecule has 0 radical (unpaired) electrons. The quantitative estimate of drug-likeness (QED) is 0.774. The van der Waals surface area contributed by atoms with Gasteiger partial charge >= 0.3 is 0 Å². The Morgan fingerprint density at radius 1 is 1.00 bits per heavy atom. The zero-order valence-electron chi connectivity index (χ0n) is 11.6. The van der Waals surface area contributed by atoms with Crippen LogP contribution in [-0.2, 0) is 6.42 Å². The van der Waals surface area contributed by atoms with Crippen LogP contribution in [0.3, 0.4) is 0 Å². The van der Waals surface area contributed by atoms with E-state index < -0.39 is 0 Å². The fourth-order valence-electron chi connectivity index (χ4n) is 2.57. The van der Waals surface area contributed by atoms with Crippen molar-refractivity contribution in [1.29, 1.82) is 0 Å². The Morgan fingerprint density at radius 3 is 2.60 bits per heavy atom. The Balaban J connectivity index is 1.87. The predicted octanol–water partition coefficient (Wildman–Crippen LogP) is 3.74. The van der Waals surface area contributed by atoms with Gasteiger partial charge in [-0.25, -0.2) is 0 Å². The van der Waals surface area contributed by atoms with Crippen molar-refractivity contribution < 1.29 is 0 Å². The largest absolute Gasteiger partial charge is 0.313 e. The maximum absolute atomic E-state index is 4.21. The fraction of sp³-hybridized carbons (Fsp3) is 0.167. The van der Waals surface area contributed by atoms with Gasteiger partial charge in [0.2, 0.25) is 0 Å². The van der Waals surface area contributed by atoms with Crippen molar-refractivity contribution in [1.82, 2.24) is 10.3 Å². The van der Waals surface area contributed by atoms with Crippen molar-refractivity contribution in [2.75, 3.05) is 7.05 Å². The molecule has 0 aliphatic carbocycles. The lowest BCUT2D eigenvalue weighted by Crippen LogP contribution is -2.18. The molecule has 0 aliphatic heterocycles. The van der Waals surface area contributed by atoms with Crippen LogP contribution in [0.25, 0.3) is 10.8 Å². The molecule has 1 unspecified atom stereocenters. The van der Waals surface area contributed by atoms with Gasteiger partial charge in [0.05, 0.1) is 0 Å². The van der Waals surface area contributed by atoms with Gasteiger partial charge in [-0.3, -0.25) is 4.98 Å². The second-order valence-corrected chi connectivity index (χ2v) is 5.01. The molecule has 20 heavy (non-hydrogen) atoms. The minimum Gasteiger partial charge on any atom is -0.313 e. The van der Waals surface area contributed by atoms with Gasteiger partial charge in [0.15, 0.2) is 0 Å². The summed E-state index contributed by atoms with van der Waals surface area (Å²) in [5.74, 6) is 0. The topological polar surface area (TPSA) is 24.9 Å². The van der Waals surface area contributed by atoms with E-state index in [0.717, 1.165) is 6.42 Å². The van der Waals surface area contributed by atoms with Gasteiger partial charge in [-0.15, -0.1) is 0 Å². The summed E-state index contributed by atoms with van der Waals surface area (Å²) in [6.45, 7) is 0. The normalized spacial score (nSPS) is 12.4. The monoisotopic (exact) mass is 262 g/mol. The number of nitrogens with zero attached hydrogens (tertiary/aromatic N) is 1. The first-order valence-corrected chi connectivity index (χ1v) is 6.91. The molecule has 1 heterocycles. The Labute approximate surface area is 119 Å². The van der Waals surface area contributed by atoms with Crippen LogP contribution in [0.1, 0.15) is 17.2 Å². The Bertz CT molecular complexity index is 692. The Kier molecular flexibility index (Phi) is 3.75. The average Bonchev–Trinajstić information content (AvgIpc) is 2.53. The number of hydrogen-bond donors (Lipinski definition) is 1. The summed E-state index contributed by atoms with van der Waals surface area (Å²) in [7, 11) is 2.00. The maximum Gasteiger partial charge on any atom is 0.0373 e. The van der Waals surface area contributed by atoms with Crippen molar-refractivity contribution in [3.05, 3.63) is 78.1 Å². The SMILES string of the molecule is CNC(Cc1ccc2ccccc2c1)c1cccnc1. The number of likely N-dealkylation sites (N-methyl/N-ethyl adjacent to an activating group) is 1. The van der Waals surface area contributed by atoms with Crippen molar-refractivity contribution >= 4 is 10.8 Å². The van der Waals surface area contributed by atoms with E-state index in [0.29, 0.717) is 6.04 Å². The number of aromatic nitrogens is 1. The molecule has 0 aliphatic rings. The van der Waals surface area contributed by atoms with E-state index in [1.807, 2.05) is 25.5 Å². The molecule has 2 aromatic carbocycles. The first-order valence-electron chi connectivity index (χ1n) is 6.91. The Morgan fingerprint density at radius 2 is 1.85 bits per heavy atom. The maximum atomic E-state index is 4.21. The lowest BCUT2D eigenvalue weighted by atomic mass is 9.98. The van der Waals surface area contributed by atoms with Crippen LogP contribution in [0.4, 0.5) is 0 Å². The molecule has 0 amide bonds. The van der Waals surface area contributed by atoms with E-state index in [4.69, 9.17) is 0 Å². The van der Waals surface area contributed by atoms with E-state index in [1.165, 1.54) is 21.9 Å². The molecule has 3 rings (SSSR count). The average molecular weight is 262 g/mol. The van der Waals surface area contributed by atoms with E-state index in [1.54, 1.807) is 0 Å². The van der Waals surface area contributed by atoms with E-state index in [-0.39, 0.29) is 0 Å². The number of rotatable bonds is 4. The number of benzene rings is 2. The number of nitrogens with one attached hydrogen (secondary N) is 1. The van der Waals surface area contributed by atoms with Crippen molar-refractivity contribution in [3.8, 4) is 0 Å². The van der Waals surface area contributed by atoms with Crippen molar-refractivity contribution in [3.63, 3.8) is 0 Å². The highest BCUT2D eigenvalue weighted by atomic mass is 14.9. The number of hydrogen-bond acceptors (Lipinski definition) is 2. The number of pyridine rings is 1. The van der Waals surface area contributed by atoms with E-state index in [2.05, 4.69) is 58.8 Å². The molecular formula is C18H18N2. The minimum atomic E-state index is 0.296. The van der Waals surface area contributed by atoms with Crippen LogP contribution in [0, 0.1) is 0 Å². The number of fused-ring (bicyclic) bond motifs is 1. The summed E-state index contributed by atoms with van der Waals surface area (Å²) >= 11 is 0. The van der Waals surface area contributed by atoms with E-state index >= 15 is 0 Å². The zero-order chi connectivity index (χ0) is 13.8. The molecule has 0 bridgehead atoms. The molecule has 3 aromatic rings. The summed E-state index contributed by atoms with van der Waals surface area (Å²) in [5, 5.41) is 5.96. The molecular weight excluding hydrogens is 244 g/mol. The molecule has 1 N–H and O–H groups in total. The molecule has 0 saturated carbocycles. The van der Waals surface area contributed by atoms with Crippen LogP contribution in [0.15, 0.2) is 67.0 Å². The third-order valence-electron chi connectivity index (χ3n) is 3.69. The van der Waals surface area contributed by atoms with Crippen LogP contribution in [-0.4, -0.2) is 12.0 Å². The standard InChI is InChI=1S/C18H18N2/c1-19-18(17-7-4-10-20-13-17)12-14-8-9-15-5-2-3-6-16(15)11-14/h2-11,13,18-19H,12H2,1H3. The predicted molar refractivity (Wildman–Crippen MR) is 83.7 cm³/mol. The summed E-state index contributed by atoms with van der Waals surface area (Å²) in [4.78, 5) is 4.21. The molecule has 0 spiro atoms. The van der Waals surface area contributed by atoms with Gasteiger partial charge in [-0.1, -0.05) is 48.5 Å². The lowest BCUT2D eigenvalue weighted by molar-refractivity contribution is 0.590. The third-order valence-corrected chi connectivity index (χ3v) is 3.69. The summed E-state index contributed by atoms with van der Waals surface area (Å²) in [6.07, 6.45) is 4.71. The molecule has 0 fully saturated rings. The molecule has 100 valence electrons. The minimum absolute atomic E-state index is 0.296. The van der Waals surface area contributed by atoms with Gasteiger partial charge in [0, 0.05) is 18.4 Å². The van der Waals surface area contributed by atoms with Crippen LogP contribution in [0.2, 0.25) is 0 Å². The second-order valence-electron chi connectivity index (χ2n) is 5.01. The van der Waals surface area contributed by atoms with Gasteiger partial charge < -0.3 is 5.32 Å². The van der Waals surface area contributed by atoms with Crippen LogP contribution in [0.5, 0.6) is 0 Å². The van der Waals surface area contributed by atoms with Gasteiger partial charge in [-0.05, 0) is 41.4 Å². The summed E-state index contributed by atoms with van der Waals surface area (Å²) in [6, 6.07) is 19.6. The van der Waals surface area contributed by atoms with Crippen LogP contribution < -0.4 is 5.32 Å².